The van der Waals surface area contributed by atoms with Gasteiger partial charge in [0.05, 0.1) is 0 Å². The summed E-state index contributed by atoms with van der Waals surface area (Å²) in [7, 11) is 0. The molecule has 0 saturated carbocycles. The van der Waals surface area contributed by atoms with Gasteiger partial charge >= 0.3 is 112 Å². The zero-order chi connectivity index (χ0) is 30.8. The maximum absolute atomic E-state index is 3.82. The van der Waals surface area contributed by atoms with E-state index >= 15 is 0 Å². The van der Waals surface area contributed by atoms with E-state index in [9.17, 15) is 0 Å². The number of hydrogen-bond donors (Lipinski definition) is 0. The Morgan fingerprint density at radius 3 is 1.53 bits per heavy atom. The van der Waals surface area contributed by atoms with Crippen LogP contribution >= 0.6 is 0 Å². The Balaban J connectivity index is 0.000000238. The number of fused-ring (bicyclic) bond motifs is 3. The minimum absolute atomic E-state index is 0. The van der Waals surface area contributed by atoms with Gasteiger partial charge in [-0.2, -0.15) is 11.6 Å². The molecule has 1 atom stereocenters. The molecule has 0 aliphatic heterocycles. The molecule has 230 valence electrons. The molecule has 0 nitrogen and oxygen atoms in total. The first kappa shape index (κ1) is 38.2. The van der Waals surface area contributed by atoms with Crippen LogP contribution in [0.25, 0.3) is 33.7 Å². The summed E-state index contributed by atoms with van der Waals surface area (Å²) in [4.78, 5) is 0. The number of benzene rings is 4. The molecule has 1 aliphatic carbocycles. The Morgan fingerprint density at radius 2 is 1.20 bits per heavy atom. The van der Waals surface area contributed by atoms with Crippen LogP contribution in [0.5, 0.6) is 0 Å². The third kappa shape index (κ3) is 11.4. The van der Waals surface area contributed by atoms with Crippen molar-refractivity contribution in [2.24, 2.45) is 11.3 Å². The number of rotatable bonds is 6. The zero-order valence-electron chi connectivity index (χ0n) is 26.8. The molecule has 0 bridgehead atoms. The van der Waals surface area contributed by atoms with E-state index in [0.717, 1.165) is 24.0 Å². The molecule has 0 spiro atoms. The van der Waals surface area contributed by atoms with Crippen molar-refractivity contribution < 1.29 is 49.0 Å². The van der Waals surface area contributed by atoms with Crippen LogP contribution in [0.1, 0.15) is 49.9 Å². The minimum atomic E-state index is 0. The normalized spacial score (nSPS) is 13.3. The topological polar surface area (TPSA) is 0 Å². The van der Waals surface area contributed by atoms with Crippen LogP contribution in [-0.2, 0) is 37.1 Å². The van der Waals surface area contributed by atoms with Gasteiger partial charge < -0.3 is 24.8 Å². The molecule has 6 rings (SSSR count). The van der Waals surface area contributed by atoms with E-state index in [1.54, 1.807) is 27.4 Å². The molecule has 0 radical (unpaired) electrons. The summed E-state index contributed by atoms with van der Waals surface area (Å²) in [5.41, 5.74) is 6.89. The van der Waals surface area contributed by atoms with Crippen molar-refractivity contribution in [1.29, 1.82) is 0 Å². The molecule has 0 N–H and O–H groups in total. The van der Waals surface area contributed by atoms with Crippen LogP contribution in [0.4, 0.5) is 0 Å². The van der Waals surface area contributed by atoms with Crippen molar-refractivity contribution >= 4 is 36.9 Å². The van der Waals surface area contributed by atoms with Gasteiger partial charge in [-0.25, -0.2) is 6.08 Å². The summed E-state index contributed by atoms with van der Waals surface area (Å²) >= 11 is 1.55. The van der Waals surface area contributed by atoms with Gasteiger partial charge in [-0.3, -0.25) is 6.08 Å². The molecule has 0 heterocycles. The molecule has 0 fully saturated rings. The molecular weight excluding hydrogens is 667 g/mol. The molecule has 1 aliphatic rings. The van der Waals surface area contributed by atoms with E-state index in [2.05, 4.69) is 162 Å². The zero-order valence-corrected chi connectivity index (χ0v) is 30.8. The second kappa shape index (κ2) is 18.3. The third-order valence-electron chi connectivity index (χ3n) is 7.55. The van der Waals surface area contributed by atoms with Crippen LogP contribution in [0.3, 0.4) is 0 Å². The van der Waals surface area contributed by atoms with Gasteiger partial charge in [-0.15, -0.1) is 39.7 Å². The summed E-state index contributed by atoms with van der Waals surface area (Å²) < 4.78 is 1.60. The van der Waals surface area contributed by atoms with Crippen LogP contribution in [0.2, 0.25) is 0 Å². The molecule has 5 aromatic carbocycles. The fraction of sp³-hybridized carbons (Fsp3) is 0.190. The molecule has 3 heteroatoms. The summed E-state index contributed by atoms with van der Waals surface area (Å²) in [6, 6.07) is 36.5. The monoisotopic (exact) mass is 706 g/mol. The molecule has 5 aromatic rings. The molecule has 0 saturated heterocycles. The van der Waals surface area contributed by atoms with Crippen LogP contribution < -0.4 is 24.8 Å². The molecule has 0 amide bonds. The van der Waals surface area contributed by atoms with Crippen LogP contribution in [0, 0.1) is 17.4 Å². The quantitative estimate of drug-likeness (QED) is 0.214. The Kier molecular flexibility index (Phi) is 15.5. The first-order valence-corrected chi connectivity index (χ1v) is 16.2. The van der Waals surface area contributed by atoms with Crippen molar-refractivity contribution in [3.05, 3.63) is 162 Å². The van der Waals surface area contributed by atoms with E-state index in [-0.39, 0.29) is 24.8 Å². The fourth-order valence-corrected chi connectivity index (χ4v) is 6.09. The summed E-state index contributed by atoms with van der Waals surface area (Å²) in [6.07, 6.45) is 13.7. The fourth-order valence-electron chi connectivity index (χ4n) is 5.09. The first-order chi connectivity index (χ1) is 20.7. The summed E-state index contributed by atoms with van der Waals surface area (Å²) in [6.45, 7) is 16.5. The van der Waals surface area contributed by atoms with E-state index < -0.39 is 0 Å². The van der Waals surface area contributed by atoms with Gasteiger partial charge in [0.15, 0.2) is 0 Å². The van der Waals surface area contributed by atoms with Crippen molar-refractivity contribution in [2.45, 2.75) is 40.5 Å². The van der Waals surface area contributed by atoms with E-state index in [1.165, 1.54) is 38.2 Å². The van der Waals surface area contributed by atoms with Crippen LogP contribution in [-0.4, -0.2) is 3.21 Å². The van der Waals surface area contributed by atoms with Crippen molar-refractivity contribution in [3.63, 3.8) is 0 Å². The third-order valence-corrected chi connectivity index (χ3v) is 8.41. The number of halogens is 2. The van der Waals surface area contributed by atoms with Gasteiger partial charge in [0.2, 0.25) is 0 Å². The Morgan fingerprint density at radius 1 is 0.756 bits per heavy atom. The predicted molar refractivity (Wildman–Crippen MR) is 187 cm³/mol. The standard InChI is InChI=1S/C17H13.C15H14.C10H15.2ClH.Zr/c1-3-12-5-7-14-11-15-8-6-13(4-2)10-17(15)16(14)9-12;1-3-8-14(9-4-1)12-7-13-15-10-5-2-6-11-15;1-8-5-6-9(7-8)10(2,3)4;;;/h3-11H,1-2H2;1-6,8-11H,12-13H2;6-8H,1-4H3;2*1H;/q-1;;-1;;;+2/p-2. The molecule has 0 aromatic heterocycles. The maximum atomic E-state index is 3.82. The SMILES string of the molecule is C=Cc1ccc2[cH-]c3ccc(C=C)cc3c2c1.CC1[C-]=CC(C(C)(C)C)=C1.[Cl-].[Cl-].[Zr+2]=[C](Cc1ccccc1)Cc1ccccc1. The van der Waals surface area contributed by atoms with Crippen molar-refractivity contribution in [1.82, 2.24) is 0 Å². The van der Waals surface area contributed by atoms with Gasteiger partial charge in [-0.05, 0) is 11.1 Å². The second-order valence-electron chi connectivity index (χ2n) is 12.1. The molecule has 1 unspecified atom stereocenters. The van der Waals surface area contributed by atoms with Crippen molar-refractivity contribution in [2.75, 3.05) is 0 Å². The summed E-state index contributed by atoms with van der Waals surface area (Å²) in [5.74, 6) is 0.522. The van der Waals surface area contributed by atoms with Crippen LogP contribution in [0.15, 0.2) is 134 Å². The first-order valence-electron chi connectivity index (χ1n) is 15.0. The predicted octanol–water partition coefficient (Wildman–Crippen LogP) is 5.16. The van der Waals surface area contributed by atoms with E-state index in [4.69, 9.17) is 0 Å². The summed E-state index contributed by atoms with van der Waals surface area (Å²) in [5, 5.41) is 5.15. The van der Waals surface area contributed by atoms with Gasteiger partial charge in [0.1, 0.15) is 0 Å². The average molecular weight is 709 g/mol. The van der Waals surface area contributed by atoms with Crippen molar-refractivity contribution in [3.8, 4) is 0 Å². The number of hydrogen-bond acceptors (Lipinski definition) is 0. The Hall–Kier alpha value is -2.96. The van der Waals surface area contributed by atoms with Gasteiger partial charge in [0, 0.05) is 0 Å². The van der Waals surface area contributed by atoms with E-state index in [1.807, 2.05) is 12.2 Å². The molecule has 45 heavy (non-hydrogen) atoms. The second-order valence-corrected chi connectivity index (χ2v) is 13.9. The average Bonchev–Trinajstić information content (AvgIpc) is 3.61. The van der Waals surface area contributed by atoms with Gasteiger partial charge in [0.25, 0.3) is 0 Å². The van der Waals surface area contributed by atoms with Gasteiger partial charge in [-0.1, -0.05) is 88.6 Å². The van der Waals surface area contributed by atoms with E-state index in [0.29, 0.717) is 11.3 Å². The number of allylic oxidation sites excluding steroid dienone is 4. The molecular formula is C42H42Cl2Zr-2. The Bertz CT molecular complexity index is 1640. The Labute approximate surface area is 298 Å².